The number of hydrogen-bond donors (Lipinski definition) is 1. The second-order valence-corrected chi connectivity index (χ2v) is 9.17. The summed E-state index contributed by atoms with van der Waals surface area (Å²) >= 11 is 0. The van der Waals surface area contributed by atoms with E-state index in [0.717, 1.165) is 35.3 Å². The van der Waals surface area contributed by atoms with Crippen LogP contribution in [0.15, 0.2) is 12.1 Å². The molecule has 4 nitrogen and oxygen atoms in total. The molecule has 1 aromatic carbocycles. The van der Waals surface area contributed by atoms with Gasteiger partial charge in [-0.25, -0.2) is 0 Å². The first-order chi connectivity index (χ1) is 13.0. The monoisotopic (exact) mass is 391 g/mol. The van der Waals surface area contributed by atoms with E-state index in [1.54, 1.807) is 0 Å². The molecular formula is C24H41NO3. The van der Waals surface area contributed by atoms with E-state index in [0.29, 0.717) is 19.1 Å². The van der Waals surface area contributed by atoms with Gasteiger partial charge >= 0.3 is 0 Å². The second-order valence-electron chi connectivity index (χ2n) is 9.17. The highest BCUT2D eigenvalue weighted by Gasteiger charge is 2.28. The van der Waals surface area contributed by atoms with Gasteiger partial charge in [0.05, 0.1) is 0 Å². The standard InChI is InChI=1S/C24H41NO3/c1-10-16(3)21(14-24(7,8)9)23(26)25-15-20-12-17(4)22(18(5)13-20)28-19(6)27-11-2/h12-13,16,19,21H,10-11,14-15H2,1-9H3,(H,25,26). The van der Waals surface area contributed by atoms with Gasteiger partial charge in [-0.05, 0) is 62.1 Å². The number of aryl methyl sites for hydroxylation is 2. The molecule has 0 aliphatic heterocycles. The van der Waals surface area contributed by atoms with E-state index in [-0.39, 0.29) is 23.5 Å². The zero-order valence-electron chi connectivity index (χ0n) is 19.4. The van der Waals surface area contributed by atoms with Crippen molar-refractivity contribution in [3.8, 4) is 5.75 Å². The Hall–Kier alpha value is -1.55. The number of amides is 1. The summed E-state index contributed by atoms with van der Waals surface area (Å²) in [6.07, 6.45) is 1.63. The minimum atomic E-state index is -0.276. The number of nitrogens with one attached hydrogen (secondary N) is 1. The number of ether oxygens (including phenoxy) is 2. The molecule has 0 radical (unpaired) electrons. The van der Waals surface area contributed by atoms with Gasteiger partial charge in [0.25, 0.3) is 0 Å². The van der Waals surface area contributed by atoms with Crippen LogP contribution in [0, 0.1) is 31.1 Å². The van der Waals surface area contributed by atoms with Gasteiger partial charge in [0.1, 0.15) is 5.75 Å². The molecule has 0 saturated heterocycles. The third-order valence-corrected chi connectivity index (χ3v) is 5.17. The fraction of sp³-hybridized carbons (Fsp3) is 0.708. The maximum absolute atomic E-state index is 12.9. The van der Waals surface area contributed by atoms with Gasteiger partial charge in [-0.3, -0.25) is 4.79 Å². The van der Waals surface area contributed by atoms with Crippen molar-refractivity contribution in [3.63, 3.8) is 0 Å². The molecule has 3 atom stereocenters. The van der Waals surface area contributed by atoms with Crippen LogP contribution in [0.2, 0.25) is 0 Å². The van der Waals surface area contributed by atoms with E-state index < -0.39 is 0 Å². The van der Waals surface area contributed by atoms with E-state index in [2.05, 4.69) is 52.1 Å². The predicted octanol–water partition coefficient (Wildman–Crippen LogP) is 5.78. The van der Waals surface area contributed by atoms with Crippen molar-refractivity contribution in [2.75, 3.05) is 6.61 Å². The Kier molecular flexibility index (Phi) is 9.49. The lowest BCUT2D eigenvalue weighted by Crippen LogP contribution is -2.36. The molecular weight excluding hydrogens is 350 g/mol. The smallest absolute Gasteiger partial charge is 0.223 e. The van der Waals surface area contributed by atoms with Crippen LogP contribution < -0.4 is 10.1 Å². The zero-order valence-corrected chi connectivity index (χ0v) is 19.4. The lowest BCUT2D eigenvalue weighted by atomic mass is 9.78. The fourth-order valence-corrected chi connectivity index (χ4v) is 3.58. The average molecular weight is 392 g/mol. The minimum absolute atomic E-state index is 0.0434. The van der Waals surface area contributed by atoms with Crippen LogP contribution in [-0.2, 0) is 16.1 Å². The molecule has 1 amide bonds. The molecule has 1 aromatic rings. The molecule has 28 heavy (non-hydrogen) atoms. The van der Waals surface area contributed by atoms with Crippen LogP contribution in [0.5, 0.6) is 5.75 Å². The highest BCUT2D eigenvalue weighted by Crippen LogP contribution is 2.31. The topological polar surface area (TPSA) is 47.6 Å². The van der Waals surface area contributed by atoms with Gasteiger partial charge < -0.3 is 14.8 Å². The molecule has 4 heteroatoms. The summed E-state index contributed by atoms with van der Waals surface area (Å²) < 4.78 is 11.4. The summed E-state index contributed by atoms with van der Waals surface area (Å²) in [5.41, 5.74) is 3.35. The molecule has 0 fully saturated rings. The third kappa shape index (κ3) is 7.83. The normalized spacial score (nSPS) is 15.0. The molecule has 0 spiro atoms. The maximum atomic E-state index is 12.9. The molecule has 1 rings (SSSR count). The van der Waals surface area contributed by atoms with E-state index in [1.165, 1.54) is 0 Å². The largest absolute Gasteiger partial charge is 0.465 e. The van der Waals surface area contributed by atoms with Crippen LogP contribution in [0.4, 0.5) is 0 Å². The van der Waals surface area contributed by atoms with Crippen molar-refractivity contribution >= 4 is 5.91 Å². The van der Waals surface area contributed by atoms with Crippen molar-refractivity contribution < 1.29 is 14.3 Å². The van der Waals surface area contributed by atoms with Gasteiger partial charge in [0.15, 0.2) is 6.29 Å². The first kappa shape index (κ1) is 24.5. The SMILES string of the molecule is CCOC(C)Oc1c(C)cc(CNC(=O)C(CC(C)(C)C)C(C)CC)cc1C. The minimum Gasteiger partial charge on any atom is -0.465 e. The summed E-state index contributed by atoms with van der Waals surface area (Å²) in [7, 11) is 0. The summed E-state index contributed by atoms with van der Waals surface area (Å²) in [5, 5.41) is 3.17. The lowest BCUT2D eigenvalue weighted by molar-refractivity contribution is -0.127. The van der Waals surface area contributed by atoms with Crippen LogP contribution in [0.1, 0.15) is 78.0 Å². The van der Waals surface area contributed by atoms with E-state index in [4.69, 9.17) is 9.47 Å². The quantitative estimate of drug-likeness (QED) is 0.514. The van der Waals surface area contributed by atoms with Gasteiger partial charge in [0, 0.05) is 19.1 Å². The first-order valence-corrected chi connectivity index (χ1v) is 10.6. The Bertz CT molecular complexity index is 610. The molecule has 1 N–H and O–H groups in total. The van der Waals surface area contributed by atoms with Crippen LogP contribution >= 0.6 is 0 Å². The molecule has 0 aliphatic carbocycles. The van der Waals surface area contributed by atoms with Crippen molar-refractivity contribution in [2.45, 2.75) is 88.0 Å². The third-order valence-electron chi connectivity index (χ3n) is 5.17. The molecule has 0 bridgehead atoms. The Labute approximate surface area is 172 Å². The molecule has 160 valence electrons. The highest BCUT2D eigenvalue weighted by molar-refractivity contribution is 5.79. The van der Waals surface area contributed by atoms with Crippen LogP contribution in [-0.4, -0.2) is 18.8 Å². The van der Waals surface area contributed by atoms with E-state index >= 15 is 0 Å². The first-order valence-electron chi connectivity index (χ1n) is 10.6. The van der Waals surface area contributed by atoms with Gasteiger partial charge in [-0.15, -0.1) is 0 Å². The average Bonchev–Trinajstić information content (AvgIpc) is 2.59. The highest BCUT2D eigenvalue weighted by atomic mass is 16.7. The number of carbonyl (C=O) groups is 1. The number of benzene rings is 1. The van der Waals surface area contributed by atoms with Gasteiger partial charge in [-0.1, -0.05) is 53.2 Å². The summed E-state index contributed by atoms with van der Waals surface area (Å²) in [4.78, 5) is 12.9. The predicted molar refractivity (Wildman–Crippen MR) is 116 cm³/mol. The van der Waals surface area contributed by atoms with Crippen LogP contribution in [0.25, 0.3) is 0 Å². The summed E-state index contributed by atoms with van der Waals surface area (Å²) in [6, 6.07) is 4.17. The van der Waals surface area contributed by atoms with Crippen molar-refractivity contribution in [1.82, 2.24) is 5.32 Å². The molecule has 0 saturated carbocycles. The molecule has 0 heterocycles. The van der Waals surface area contributed by atoms with Crippen molar-refractivity contribution in [1.29, 1.82) is 0 Å². The summed E-state index contributed by atoms with van der Waals surface area (Å²) in [6.45, 7) is 20.0. The zero-order chi connectivity index (χ0) is 21.5. The lowest BCUT2D eigenvalue weighted by Gasteiger charge is -2.29. The molecule has 0 aliphatic rings. The van der Waals surface area contributed by atoms with E-state index in [9.17, 15) is 4.79 Å². The van der Waals surface area contributed by atoms with Crippen molar-refractivity contribution in [3.05, 3.63) is 28.8 Å². The second kappa shape index (κ2) is 10.8. The Balaban J connectivity index is 2.83. The van der Waals surface area contributed by atoms with Gasteiger partial charge in [-0.2, -0.15) is 0 Å². The number of rotatable bonds is 10. The molecule has 3 unspecified atom stereocenters. The Morgan fingerprint density at radius 2 is 1.68 bits per heavy atom. The maximum Gasteiger partial charge on any atom is 0.223 e. The summed E-state index contributed by atoms with van der Waals surface area (Å²) in [5.74, 6) is 1.44. The Morgan fingerprint density at radius 3 is 2.14 bits per heavy atom. The number of carbonyl (C=O) groups excluding carboxylic acids is 1. The molecule has 0 aromatic heterocycles. The van der Waals surface area contributed by atoms with E-state index in [1.807, 2.05) is 27.7 Å². The van der Waals surface area contributed by atoms with Gasteiger partial charge in [0.2, 0.25) is 5.91 Å². The van der Waals surface area contributed by atoms with Crippen molar-refractivity contribution in [2.24, 2.45) is 17.3 Å². The van der Waals surface area contributed by atoms with Crippen LogP contribution in [0.3, 0.4) is 0 Å². The fourth-order valence-electron chi connectivity index (χ4n) is 3.58. The Morgan fingerprint density at radius 1 is 1.11 bits per heavy atom. The number of hydrogen-bond acceptors (Lipinski definition) is 3.